The van der Waals surface area contributed by atoms with Crippen molar-refractivity contribution in [3.05, 3.63) is 77.0 Å². The molecule has 0 aliphatic rings. The second kappa shape index (κ2) is 10.4. The van der Waals surface area contributed by atoms with Gasteiger partial charge >= 0.3 is 5.97 Å². The molecule has 0 unspecified atom stereocenters. The van der Waals surface area contributed by atoms with Gasteiger partial charge in [-0.3, -0.25) is 9.59 Å². The SMILES string of the molecule is CCOC(=O)c1ccc(CN/C=C(/C#N)C(=O)Nc2ccc(C(C)=O)cc2)cc1. The Kier molecular flexibility index (Phi) is 7.68. The number of esters is 1. The maximum Gasteiger partial charge on any atom is 0.338 e. The van der Waals surface area contributed by atoms with E-state index in [1.165, 1.54) is 13.1 Å². The van der Waals surface area contributed by atoms with Gasteiger partial charge < -0.3 is 15.4 Å². The van der Waals surface area contributed by atoms with E-state index in [0.29, 0.717) is 30.0 Å². The summed E-state index contributed by atoms with van der Waals surface area (Å²) in [5.41, 5.74) is 2.25. The number of rotatable bonds is 8. The van der Waals surface area contributed by atoms with Crippen molar-refractivity contribution in [2.45, 2.75) is 20.4 Å². The number of carbonyl (C=O) groups is 3. The van der Waals surface area contributed by atoms with Crippen LogP contribution < -0.4 is 10.6 Å². The van der Waals surface area contributed by atoms with Crippen molar-refractivity contribution in [1.29, 1.82) is 5.26 Å². The summed E-state index contributed by atoms with van der Waals surface area (Å²) in [5.74, 6) is -1.01. The number of anilines is 1. The number of benzene rings is 2. The molecule has 0 saturated heterocycles. The fourth-order valence-electron chi connectivity index (χ4n) is 2.38. The van der Waals surface area contributed by atoms with Gasteiger partial charge in [-0.05, 0) is 55.8 Å². The third-order valence-corrected chi connectivity index (χ3v) is 3.93. The van der Waals surface area contributed by atoms with Crippen LogP contribution in [0.15, 0.2) is 60.3 Å². The highest BCUT2D eigenvalue weighted by Crippen LogP contribution is 2.11. The molecule has 2 aromatic rings. The molecule has 0 fully saturated rings. The van der Waals surface area contributed by atoms with Gasteiger partial charge in [0.1, 0.15) is 11.6 Å². The van der Waals surface area contributed by atoms with E-state index in [1.807, 2.05) is 6.07 Å². The van der Waals surface area contributed by atoms with Crippen molar-refractivity contribution >= 4 is 23.3 Å². The van der Waals surface area contributed by atoms with E-state index in [2.05, 4.69) is 10.6 Å². The van der Waals surface area contributed by atoms with Crippen molar-refractivity contribution < 1.29 is 19.1 Å². The van der Waals surface area contributed by atoms with Gasteiger partial charge in [-0.25, -0.2) is 4.79 Å². The zero-order valence-corrected chi connectivity index (χ0v) is 16.2. The highest BCUT2D eigenvalue weighted by Gasteiger charge is 2.10. The Balaban J connectivity index is 1.93. The number of nitrogens with one attached hydrogen (secondary N) is 2. The molecule has 7 nitrogen and oxygen atoms in total. The predicted octanol–water partition coefficient (Wildman–Crippen LogP) is 3.20. The molecular formula is C22H21N3O4. The number of carbonyl (C=O) groups excluding carboxylic acids is 3. The van der Waals surface area contributed by atoms with E-state index < -0.39 is 5.91 Å². The van der Waals surface area contributed by atoms with Crippen LogP contribution in [0.1, 0.15) is 40.1 Å². The van der Waals surface area contributed by atoms with Gasteiger partial charge in [-0.15, -0.1) is 0 Å². The molecule has 0 radical (unpaired) electrons. The number of ether oxygens (including phenoxy) is 1. The average Bonchev–Trinajstić information content (AvgIpc) is 2.72. The Bertz CT molecular complexity index is 955. The van der Waals surface area contributed by atoms with Crippen molar-refractivity contribution in [3.8, 4) is 6.07 Å². The van der Waals surface area contributed by atoms with Gasteiger partial charge in [0, 0.05) is 24.0 Å². The minimum atomic E-state index is -0.562. The van der Waals surface area contributed by atoms with Gasteiger partial charge in [-0.1, -0.05) is 12.1 Å². The van der Waals surface area contributed by atoms with Crippen molar-refractivity contribution in [2.24, 2.45) is 0 Å². The Morgan fingerprint density at radius 2 is 1.66 bits per heavy atom. The van der Waals surface area contributed by atoms with E-state index in [0.717, 1.165) is 5.56 Å². The number of nitriles is 1. The van der Waals surface area contributed by atoms with Crippen LogP contribution in [0.5, 0.6) is 0 Å². The number of hydrogen-bond acceptors (Lipinski definition) is 6. The molecule has 2 aromatic carbocycles. The third kappa shape index (κ3) is 6.33. The first-order valence-electron chi connectivity index (χ1n) is 8.96. The van der Waals surface area contributed by atoms with Crippen LogP contribution in [-0.2, 0) is 16.1 Å². The van der Waals surface area contributed by atoms with Gasteiger partial charge in [0.25, 0.3) is 5.91 Å². The summed E-state index contributed by atoms with van der Waals surface area (Å²) in [6, 6.07) is 15.1. The van der Waals surface area contributed by atoms with E-state index in [1.54, 1.807) is 55.5 Å². The highest BCUT2D eigenvalue weighted by atomic mass is 16.5. The summed E-state index contributed by atoms with van der Waals surface area (Å²) in [4.78, 5) is 35.1. The van der Waals surface area contributed by atoms with Gasteiger partial charge in [0.2, 0.25) is 0 Å². The molecule has 0 spiro atoms. The molecule has 148 valence electrons. The zero-order chi connectivity index (χ0) is 21.2. The molecule has 2 rings (SSSR count). The van der Waals surface area contributed by atoms with Crippen LogP contribution >= 0.6 is 0 Å². The lowest BCUT2D eigenvalue weighted by molar-refractivity contribution is -0.112. The van der Waals surface area contributed by atoms with Crippen LogP contribution in [0.2, 0.25) is 0 Å². The summed E-state index contributed by atoms with van der Waals surface area (Å²) in [7, 11) is 0. The number of nitrogens with zero attached hydrogens (tertiary/aromatic N) is 1. The number of ketones is 1. The van der Waals surface area contributed by atoms with E-state index >= 15 is 0 Å². The van der Waals surface area contributed by atoms with E-state index in [-0.39, 0.29) is 17.3 Å². The second-order valence-electron chi connectivity index (χ2n) is 6.06. The Labute approximate surface area is 169 Å². The quantitative estimate of drug-likeness (QED) is 0.310. The van der Waals surface area contributed by atoms with Crippen LogP contribution in [-0.4, -0.2) is 24.3 Å². The summed E-state index contributed by atoms with van der Waals surface area (Å²) < 4.78 is 4.93. The lowest BCUT2D eigenvalue weighted by Crippen LogP contribution is -2.16. The predicted molar refractivity (Wildman–Crippen MR) is 108 cm³/mol. The standard InChI is InChI=1S/C22H21N3O4/c1-3-29-22(28)18-6-4-16(5-7-18)13-24-14-19(12-23)21(27)25-20-10-8-17(9-11-20)15(2)26/h4-11,14,24H,3,13H2,1-2H3,(H,25,27)/b19-14-. The first-order chi connectivity index (χ1) is 13.9. The van der Waals surface area contributed by atoms with Crippen molar-refractivity contribution in [1.82, 2.24) is 5.32 Å². The molecule has 1 amide bonds. The zero-order valence-electron chi connectivity index (χ0n) is 16.2. The average molecular weight is 391 g/mol. The number of hydrogen-bond donors (Lipinski definition) is 2. The lowest BCUT2D eigenvalue weighted by atomic mass is 10.1. The topological polar surface area (TPSA) is 108 Å². The van der Waals surface area contributed by atoms with Gasteiger partial charge in [0.05, 0.1) is 12.2 Å². The van der Waals surface area contributed by atoms with Crippen LogP contribution in [0.4, 0.5) is 5.69 Å². The summed E-state index contributed by atoms with van der Waals surface area (Å²) in [6.07, 6.45) is 1.33. The van der Waals surface area contributed by atoms with Gasteiger partial charge in [-0.2, -0.15) is 5.26 Å². The Hall–Kier alpha value is -3.92. The molecule has 0 aliphatic carbocycles. The van der Waals surface area contributed by atoms with Gasteiger partial charge in [0.15, 0.2) is 5.78 Å². The molecule has 0 bridgehead atoms. The molecular weight excluding hydrogens is 370 g/mol. The molecule has 0 atom stereocenters. The highest BCUT2D eigenvalue weighted by molar-refractivity contribution is 6.06. The fourth-order valence-corrected chi connectivity index (χ4v) is 2.38. The first-order valence-corrected chi connectivity index (χ1v) is 8.96. The lowest BCUT2D eigenvalue weighted by Gasteiger charge is -2.07. The molecule has 0 aromatic heterocycles. The minimum absolute atomic E-state index is 0.0695. The second-order valence-corrected chi connectivity index (χ2v) is 6.06. The molecule has 0 aliphatic heterocycles. The molecule has 0 heterocycles. The smallest absolute Gasteiger partial charge is 0.338 e. The van der Waals surface area contributed by atoms with Crippen molar-refractivity contribution in [2.75, 3.05) is 11.9 Å². The summed E-state index contributed by atoms with van der Waals surface area (Å²) in [6.45, 7) is 3.88. The maximum absolute atomic E-state index is 12.2. The van der Waals surface area contributed by atoms with Crippen LogP contribution in [0.3, 0.4) is 0 Å². The first kappa shape index (κ1) is 21.4. The molecule has 2 N–H and O–H groups in total. The van der Waals surface area contributed by atoms with Crippen molar-refractivity contribution in [3.63, 3.8) is 0 Å². The molecule has 29 heavy (non-hydrogen) atoms. The monoisotopic (exact) mass is 391 g/mol. The largest absolute Gasteiger partial charge is 0.462 e. The van der Waals surface area contributed by atoms with E-state index in [9.17, 15) is 19.6 Å². The Morgan fingerprint density at radius 1 is 1.03 bits per heavy atom. The van der Waals surface area contributed by atoms with Crippen LogP contribution in [0.25, 0.3) is 0 Å². The number of amides is 1. The Morgan fingerprint density at radius 3 is 2.21 bits per heavy atom. The molecule has 7 heteroatoms. The summed E-state index contributed by atoms with van der Waals surface area (Å²) in [5, 5.41) is 14.7. The number of Topliss-reactive ketones (excluding diaryl/α,β-unsaturated/α-hetero) is 1. The fraction of sp³-hybridized carbons (Fsp3) is 0.182. The summed E-state index contributed by atoms with van der Waals surface area (Å²) >= 11 is 0. The maximum atomic E-state index is 12.2. The molecule has 0 saturated carbocycles. The van der Waals surface area contributed by atoms with E-state index in [4.69, 9.17) is 4.74 Å². The minimum Gasteiger partial charge on any atom is -0.462 e. The third-order valence-electron chi connectivity index (χ3n) is 3.93. The van der Waals surface area contributed by atoms with Crippen LogP contribution in [0, 0.1) is 11.3 Å². The normalized spacial score (nSPS) is 10.6.